The lowest BCUT2D eigenvalue weighted by molar-refractivity contribution is -0.138. The molecule has 0 radical (unpaired) electrons. The third-order valence-corrected chi connectivity index (χ3v) is 2.12. The highest BCUT2D eigenvalue weighted by atomic mass is 19.4. The molecule has 0 spiro atoms. The number of carbonyl (C=O) groups is 1. The molecule has 0 atom stereocenters. The van der Waals surface area contributed by atoms with Crippen LogP contribution in [0.4, 0.5) is 13.2 Å². The van der Waals surface area contributed by atoms with Crippen LogP contribution in [-0.4, -0.2) is 30.3 Å². The summed E-state index contributed by atoms with van der Waals surface area (Å²) >= 11 is 0. The van der Waals surface area contributed by atoms with E-state index in [2.05, 4.69) is 20.3 Å². The van der Waals surface area contributed by atoms with Gasteiger partial charge in [0.05, 0.1) is 23.4 Å². The van der Waals surface area contributed by atoms with Crippen molar-refractivity contribution in [2.75, 3.05) is 13.7 Å². The van der Waals surface area contributed by atoms with Crippen LogP contribution in [0.5, 0.6) is 0 Å². The Bertz CT molecular complexity index is 486. The minimum Gasteiger partial charge on any atom is -0.399 e. The second-order valence-electron chi connectivity index (χ2n) is 3.61. The lowest BCUT2D eigenvalue weighted by atomic mass is 10.1. The van der Waals surface area contributed by atoms with Crippen LogP contribution in [0.15, 0.2) is 23.6 Å². The van der Waals surface area contributed by atoms with Crippen LogP contribution < -0.4 is 5.32 Å². The number of nitrogens with one attached hydrogen (secondary N) is 1. The molecular weight excluding hydrogens is 263 g/mol. The first-order chi connectivity index (χ1) is 8.86. The number of pyridine rings is 1. The second kappa shape index (κ2) is 6.17. The van der Waals surface area contributed by atoms with Crippen LogP contribution in [0.25, 0.3) is 0 Å². The number of nitrogens with zero attached hydrogens (tertiary/aromatic N) is 2. The van der Waals surface area contributed by atoms with E-state index < -0.39 is 23.2 Å². The molecule has 0 aliphatic rings. The summed E-state index contributed by atoms with van der Waals surface area (Å²) < 4.78 is 38.0. The number of alkyl halides is 3. The van der Waals surface area contributed by atoms with Crippen LogP contribution in [0.3, 0.4) is 0 Å². The molecule has 19 heavy (non-hydrogen) atoms. The van der Waals surface area contributed by atoms with Gasteiger partial charge in [-0.25, -0.2) is 0 Å². The van der Waals surface area contributed by atoms with Crippen molar-refractivity contribution in [3.63, 3.8) is 0 Å². The number of amides is 1. The van der Waals surface area contributed by atoms with Gasteiger partial charge in [-0.2, -0.15) is 13.2 Å². The van der Waals surface area contributed by atoms with E-state index in [4.69, 9.17) is 0 Å². The fourth-order valence-corrected chi connectivity index (χ4v) is 1.31. The number of carbonyl (C=O) groups excluding carboxylic acids is 1. The summed E-state index contributed by atoms with van der Waals surface area (Å²) in [7, 11) is 1.33. The van der Waals surface area contributed by atoms with E-state index in [-0.39, 0.29) is 6.54 Å². The number of aromatic nitrogens is 1. The van der Waals surface area contributed by atoms with Crippen LogP contribution in [0.1, 0.15) is 22.8 Å². The van der Waals surface area contributed by atoms with Crippen molar-refractivity contribution >= 4 is 11.6 Å². The molecule has 0 aromatic carbocycles. The lowest BCUT2D eigenvalue weighted by Gasteiger charge is -2.11. The molecule has 5 nitrogen and oxygen atoms in total. The van der Waals surface area contributed by atoms with Gasteiger partial charge in [0.2, 0.25) is 0 Å². The van der Waals surface area contributed by atoms with Crippen molar-refractivity contribution in [2.24, 2.45) is 5.16 Å². The van der Waals surface area contributed by atoms with Crippen LogP contribution in [0, 0.1) is 0 Å². The van der Waals surface area contributed by atoms with Crippen molar-refractivity contribution in [3.8, 4) is 0 Å². The molecule has 0 aliphatic heterocycles. The number of oxime groups is 1. The van der Waals surface area contributed by atoms with E-state index in [0.717, 1.165) is 18.5 Å². The summed E-state index contributed by atoms with van der Waals surface area (Å²) in [6.07, 6.45) is -2.75. The van der Waals surface area contributed by atoms with Gasteiger partial charge < -0.3 is 10.2 Å². The largest absolute Gasteiger partial charge is 0.417 e. The van der Waals surface area contributed by atoms with Crippen molar-refractivity contribution in [1.29, 1.82) is 0 Å². The van der Waals surface area contributed by atoms with Crippen molar-refractivity contribution in [1.82, 2.24) is 10.3 Å². The van der Waals surface area contributed by atoms with E-state index in [0.29, 0.717) is 5.71 Å². The van der Waals surface area contributed by atoms with Gasteiger partial charge in [-0.05, 0) is 13.0 Å². The monoisotopic (exact) mass is 275 g/mol. The van der Waals surface area contributed by atoms with E-state index in [9.17, 15) is 18.0 Å². The maximum Gasteiger partial charge on any atom is 0.417 e. The molecule has 104 valence electrons. The minimum atomic E-state index is -4.61. The Balaban J connectivity index is 2.86. The predicted molar refractivity (Wildman–Crippen MR) is 61.7 cm³/mol. The summed E-state index contributed by atoms with van der Waals surface area (Å²) in [6.45, 7) is 1.55. The van der Waals surface area contributed by atoms with E-state index in [1.807, 2.05) is 0 Å². The number of hydrogen-bond acceptors (Lipinski definition) is 4. The highest BCUT2D eigenvalue weighted by Gasteiger charge is 2.35. The average molecular weight is 275 g/mol. The molecule has 1 rings (SSSR count). The Labute approximate surface area is 107 Å². The summed E-state index contributed by atoms with van der Waals surface area (Å²) in [6, 6.07) is 0.755. The smallest absolute Gasteiger partial charge is 0.399 e. The van der Waals surface area contributed by atoms with Gasteiger partial charge in [0, 0.05) is 12.4 Å². The molecule has 1 aromatic heterocycles. The zero-order chi connectivity index (χ0) is 14.5. The fourth-order valence-electron chi connectivity index (χ4n) is 1.31. The molecule has 0 fully saturated rings. The summed E-state index contributed by atoms with van der Waals surface area (Å²) in [5, 5.41) is 5.83. The Morgan fingerprint density at radius 3 is 2.79 bits per heavy atom. The highest BCUT2D eigenvalue weighted by molar-refractivity contribution is 5.98. The average Bonchev–Trinajstić information content (AvgIpc) is 2.35. The fraction of sp³-hybridized carbons (Fsp3) is 0.364. The van der Waals surface area contributed by atoms with Gasteiger partial charge in [-0.15, -0.1) is 0 Å². The molecule has 0 saturated carbocycles. The van der Waals surface area contributed by atoms with Gasteiger partial charge in [0.1, 0.15) is 7.11 Å². The number of rotatable bonds is 4. The van der Waals surface area contributed by atoms with Crippen LogP contribution >= 0.6 is 0 Å². The van der Waals surface area contributed by atoms with Crippen LogP contribution in [-0.2, 0) is 11.0 Å². The first kappa shape index (κ1) is 14.9. The molecule has 1 amide bonds. The summed E-state index contributed by atoms with van der Waals surface area (Å²) in [5.41, 5.74) is -1.13. The maximum atomic E-state index is 12.7. The van der Waals surface area contributed by atoms with Gasteiger partial charge in [-0.1, -0.05) is 5.16 Å². The van der Waals surface area contributed by atoms with Crippen molar-refractivity contribution < 1.29 is 22.8 Å². The second-order valence-corrected chi connectivity index (χ2v) is 3.61. The Morgan fingerprint density at radius 2 is 2.21 bits per heavy atom. The molecule has 0 bridgehead atoms. The first-order valence-corrected chi connectivity index (χ1v) is 5.22. The standard InChI is InChI=1S/C11H12F3N3O2/c1-7(17-19-2)5-16-10(18)8-6-15-4-3-9(8)11(12,13)14/h3-4,6H,5H2,1-2H3,(H,16,18)/b17-7+. The molecule has 0 unspecified atom stereocenters. The number of hydrogen-bond donors (Lipinski definition) is 1. The zero-order valence-electron chi connectivity index (χ0n) is 10.3. The molecule has 1 aromatic rings. The molecule has 1 heterocycles. The van der Waals surface area contributed by atoms with Gasteiger partial charge >= 0.3 is 6.18 Å². The van der Waals surface area contributed by atoms with E-state index >= 15 is 0 Å². The molecule has 8 heteroatoms. The van der Waals surface area contributed by atoms with Crippen molar-refractivity contribution in [2.45, 2.75) is 13.1 Å². The minimum absolute atomic E-state index is 0.0150. The highest BCUT2D eigenvalue weighted by Crippen LogP contribution is 2.31. The summed E-state index contributed by atoms with van der Waals surface area (Å²) in [5.74, 6) is -0.869. The van der Waals surface area contributed by atoms with E-state index in [1.54, 1.807) is 6.92 Å². The molecular formula is C11H12F3N3O2. The Morgan fingerprint density at radius 1 is 1.53 bits per heavy atom. The quantitative estimate of drug-likeness (QED) is 0.673. The Kier molecular flexibility index (Phi) is 4.85. The third kappa shape index (κ3) is 4.23. The maximum absolute atomic E-state index is 12.7. The molecule has 0 aliphatic carbocycles. The third-order valence-electron chi connectivity index (χ3n) is 2.12. The normalized spacial score (nSPS) is 12.2. The van der Waals surface area contributed by atoms with Crippen molar-refractivity contribution in [3.05, 3.63) is 29.6 Å². The van der Waals surface area contributed by atoms with Crippen LogP contribution in [0.2, 0.25) is 0 Å². The lowest BCUT2D eigenvalue weighted by Crippen LogP contribution is -2.30. The number of halogens is 3. The molecule has 0 saturated heterocycles. The van der Waals surface area contributed by atoms with Gasteiger partial charge in [-0.3, -0.25) is 9.78 Å². The topological polar surface area (TPSA) is 63.6 Å². The molecule has 1 N–H and O–H groups in total. The predicted octanol–water partition coefficient (Wildman–Crippen LogP) is 1.85. The zero-order valence-corrected chi connectivity index (χ0v) is 10.3. The van der Waals surface area contributed by atoms with Gasteiger partial charge in [0.25, 0.3) is 5.91 Å². The SMILES string of the molecule is CO/N=C(\C)CNC(=O)c1cnccc1C(F)(F)F. The summed E-state index contributed by atoms with van der Waals surface area (Å²) in [4.78, 5) is 19.7. The van der Waals surface area contributed by atoms with E-state index in [1.165, 1.54) is 7.11 Å². The Hall–Kier alpha value is -2.12. The van der Waals surface area contributed by atoms with Gasteiger partial charge in [0.15, 0.2) is 0 Å². The first-order valence-electron chi connectivity index (χ1n) is 5.22.